The van der Waals surface area contributed by atoms with Gasteiger partial charge in [-0.1, -0.05) is 25.4 Å². The highest BCUT2D eigenvalue weighted by atomic mass is 35.5. The maximum absolute atomic E-state index is 14.3. The molecule has 2 N–H and O–H groups in total. The molecule has 4 aliphatic heterocycles. The number of hydrogen-bond acceptors (Lipinski definition) is 15. The molecule has 0 saturated carbocycles. The number of halogens is 6. The molecular formula is C51H69ClF5N15O7. The zero-order chi connectivity index (χ0) is 57.3. The number of piperazine rings is 2. The van der Waals surface area contributed by atoms with Crippen LogP contribution in [0, 0.1) is 0 Å². The Balaban J connectivity index is 0.000000223. The van der Waals surface area contributed by atoms with Crippen LogP contribution < -0.4 is 36.0 Å². The maximum Gasteiger partial charge on any atom is 0.416 e. The van der Waals surface area contributed by atoms with E-state index in [9.17, 15) is 45.9 Å². The molecule has 4 fully saturated rings. The number of carbonyl (C=O) groups excluding carboxylic acids is 3. The number of amides is 3. The van der Waals surface area contributed by atoms with E-state index >= 15 is 0 Å². The fraction of sp³-hybridized carbons (Fsp3) is 0.627. The Morgan fingerprint density at radius 1 is 0.696 bits per heavy atom. The molecule has 5 aromatic rings. The van der Waals surface area contributed by atoms with Crippen LogP contribution in [0.4, 0.5) is 60.5 Å². The number of rotatable bonds is 9. The van der Waals surface area contributed by atoms with Gasteiger partial charge in [0.2, 0.25) is 29.4 Å². The van der Waals surface area contributed by atoms with Gasteiger partial charge in [0.15, 0.2) is 0 Å². The SMILES string of the molecule is CCc1[nH]c2nc(N3CCC[C@@H](F)C3)nn2c(=O)c1N1CCN(C(=O)OC(C)(C)C)CC1.CCc1c(N2CCN(C(=O)OC(C)(C)C)CC2)c(=O)n2nc(N3CCC[C@@H](F)C3)nc2n1CC(=O)Nc1ccc(C(F)(F)F)cc1Cl. The Labute approximate surface area is 457 Å². The van der Waals surface area contributed by atoms with Gasteiger partial charge in [0, 0.05) is 71.1 Å². The molecule has 4 aliphatic rings. The summed E-state index contributed by atoms with van der Waals surface area (Å²) in [6.45, 7) is 18.8. The molecule has 432 valence electrons. The highest BCUT2D eigenvalue weighted by Gasteiger charge is 2.35. The van der Waals surface area contributed by atoms with Gasteiger partial charge in [-0.15, -0.1) is 10.2 Å². The second kappa shape index (κ2) is 23.4. The van der Waals surface area contributed by atoms with E-state index < -0.39 is 52.8 Å². The van der Waals surface area contributed by atoms with Gasteiger partial charge in [0.1, 0.15) is 41.5 Å². The average Bonchev–Trinajstić information content (AvgIpc) is 4.09. The van der Waals surface area contributed by atoms with Crippen LogP contribution in [-0.2, 0) is 39.8 Å². The Morgan fingerprint density at radius 2 is 1.20 bits per heavy atom. The molecule has 4 saturated heterocycles. The van der Waals surface area contributed by atoms with E-state index in [1.165, 1.54) is 9.08 Å². The molecule has 3 amide bonds. The van der Waals surface area contributed by atoms with Crippen LogP contribution in [0.3, 0.4) is 0 Å². The van der Waals surface area contributed by atoms with Crippen LogP contribution in [-0.4, -0.2) is 169 Å². The first-order valence-corrected chi connectivity index (χ1v) is 27.0. The van der Waals surface area contributed by atoms with Gasteiger partial charge < -0.3 is 53.7 Å². The maximum atomic E-state index is 14.3. The van der Waals surface area contributed by atoms with Crippen LogP contribution in [0.25, 0.3) is 11.6 Å². The Morgan fingerprint density at radius 3 is 1.68 bits per heavy atom. The van der Waals surface area contributed by atoms with Gasteiger partial charge in [-0.05, 0) is 98.3 Å². The summed E-state index contributed by atoms with van der Waals surface area (Å²) in [5.41, 5.74) is -0.908. The molecule has 0 unspecified atom stereocenters. The lowest BCUT2D eigenvalue weighted by molar-refractivity contribution is -0.137. The molecule has 0 spiro atoms. The number of nitrogens with one attached hydrogen (secondary N) is 2. The predicted molar refractivity (Wildman–Crippen MR) is 287 cm³/mol. The smallest absolute Gasteiger partial charge is 0.416 e. The first-order valence-electron chi connectivity index (χ1n) is 26.7. The normalized spacial score (nSPS) is 18.7. The first-order chi connectivity index (χ1) is 37.2. The lowest BCUT2D eigenvalue weighted by Gasteiger charge is -2.37. The van der Waals surface area contributed by atoms with Crippen molar-refractivity contribution in [2.45, 2.75) is 130 Å². The number of piperidine rings is 2. The second-order valence-electron chi connectivity index (χ2n) is 21.9. The summed E-state index contributed by atoms with van der Waals surface area (Å²) in [6, 6.07) is 2.61. The van der Waals surface area contributed by atoms with Gasteiger partial charge in [0.25, 0.3) is 11.1 Å². The third-order valence-corrected chi connectivity index (χ3v) is 14.0. The molecule has 9 rings (SSSR count). The molecule has 4 aromatic heterocycles. The summed E-state index contributed by atoms with van der Waals surface area (Å²) < 4.78 is 82.4. The number of anilines is 5. The van der Waals surface area contributed by atoms with Crippen LogP contribution in [0.1, 0.15) is 98.0 Å². The summed E-state index contributed by atoms with van der Waals surface area (Å²) in [7, 11) is 0. The van der Waals surface area contributed by atoms with E-state index in [0.29, 0.717) is 94.5 Å². The van der Waals surface area contributed by atoms with E-state index in [2.05, 4.69) is 30.5 Å². The van der Waals surface area contributed by atoms with E-state index in [-0.39, 0.29) is 85.6 Å². The number of benzene rings is 1. The highest BCUT2D eigenvalue weighted by Crippen LogP contribution is 2.34. The van der Waals surface area contributed by atoms with Crippen LogP contribution in [0.5, 0.6) is 0 Å². The Bertz CT molecular complexity index is 3150. The van der Waals surface area contributed by atoms with E-state index in [4.69, 9.17) is 21.1 Å². The number of nitrogens with zero attached hydrogens (tertiary/aromatic N) is 13. The van der Waals surface area contributed by atoms with Crippen LogP contribution in [0.2, 0.25) is 5.02 Å². The van der Waals surface area contributed by atoms with E-state index in [0.717, 1.165) is 34.8 Å². The van der Waals surface area contributed by atoms with Crippen molar-refractivity contribution >= 4 is 70.2 Å². The Hall–Kier alpha value is -6.93. The number of alkyl halides is 5. The summed E-state index contributed by atoms with van der Waals surface area (Å²) in [6.07, 6.45) is -4.25. The highest BCUT2D eigenvalue weighted by molar-refractivity contribution is 6.33. The second-order valence-corrected chi connectivity index (χ2v) is 22.3. The molecule has 1 aromatic carbocycles. The predicted octanol–water partition coefficient (Wildman–Crippen LogP) is 6.74. The van der Waals surface area contributed by atoms with Crippen molar-refractivity contribution in [3.05, 3.63) is 60.9 Å². The fourth-order valence-corrected chi connectivity index (χ4v) is 10.2. The zero-order valence-electron chi connectivity index (χ0n) is 45.8. The number of aryl methyl sites for hydroxylation is 1. The lowest BCUT2D eigenvalue weighted by Crippen LogP contribution is -2.51. The zero-order valence-corrected chi connectivity index (χ0v) is 46.5. The minimum atomic E-state index is -4.61. The van der Waals surface area contributed by atoms with Crippen LogP contribution >= 0.6 is 11.6 Å². The van der Waals surface area contributed by atoms with Crippen molar-refractivity contribution in [1.29, 1.82) is 0 Å². The molecule has 0 aliphatic carbocycles. The number of carbonyl (C=O) groups is 3. The topological polar surface area (TPSA) is 216 Å². The summed E-state index contributed by atoms with van der Waals surface area (Å²) in [5, 5.41) is 11.1. The molecule has 22 nitrogen and oxygen atoms in total. The van der Waals surface area contributed by atoms with Crippen molar-refractivity contribution in [1.82, 2.24) is 48.5 Å². The number of ether oxygens (including phenoxy) is 2. The van der Waals surface area contributed by atoms with Crippen molar-refractivity contribution in [2.75, 3.05) is 103 Å². The van der Waals surface area contributed by atoms with Crippen molar-refractivity contribution in [3.63, 3.8) is 0 Å². The quantitative estimate of drug-likeness (QED) is 0.146. The molecule has 0 bridgehead atoms. The first kappa shape index (κ1) is 58.2. The molecule has 79 heavy (non-hydrogen) atoms. The van der Waals surface area contributed by atoms with Gasteiger partial charge in [-0.2, -0.15) is 32.2 Å². The van der Waals surface area contributed by atoms with Crippen molar-refractivity contribution in [2.24, 2.45) is 0 Å². The standard InChI is InChI=1S/C30H37ClF4N8O4.C21H32FN7O3/c1-5-22-24(39-11-13-40(14-12-39)28(46)47-29(2,3)4)25(45)43-27(37-26(38-43)41-10-6-7-19(32)16-41)42(22)17-23(44)36-21-9-8-18(15-20(21)31)30(33,34)35;1-5-15-16(26-9-11-27(12-10-26)20(31)32-21(2,3)4)17(30)29-18(23-15)24-19(25-29)28-8-6-7-14(22)13-28/h8-9,15,19H,5-7,10-14,16-17H2,1-4H3,(H,36,44);14H,5-13H2,1-4H3,(H,23,24,25)/t19-;14-/m11/s1. The van der Waals surface area contributed by atoms with Crippen molar-refractivity contribution < 1.29 is 45.8 Å². The summed E-state index contributed by atoms with van der Waals surface area (Å²) in [5.74, 6) is 0.276. The third-order valence-electron chi connectivity index (χ3n) is 13.7. The Kier molecular flexibility index (Phi) is 17.3. The van der Waals surface area contributed by atoms with E-state index in [1.54, 1.807) is 40.4 Å². The molecule has 8 heterocycles. The fourth-order valence-electron chi connectivity index (χ4n) is 9.93. The van der Waals surface area contributed by atoms with Gasteiger partial charge >= 0.3 is 18.4 Å². The number of hydrogen-bond donors (Lipinski definition) is 2. The number of aromatic amines is 1. The number of H-pyrrole nitrogens is 1. The minimum absolute atomic E-state index is 0.0253. The third kappa shape index (κ3) is 13.6. The summed E-state index contributed by atoms with van der Waals surface area (Å²) in [4.78, 5) is 88.6. The van der Waals surface area contributed by atoms with Gasteiger partial charge in [0.05, 0.1) is 35.1 Å². The molecule has 0 radical (unpaired) electrons. The minimum Gasteiger partial charge on any atom is -0.444 e. The number of fused-ring (bicyclic) bond motifs is 2. The monoisotopic (exact) mass is 1130 g/mol. The summed E-state index contributed by atoms with van der Waals surface area (Å²) >= 11 is 6.09. The molecular weight excluding hydrogens is 1070 g/mol. The molecule has 2 atom stereocenters. The van der Waals surface area contributed by atoms with E-state index in [1.807, 2.05) is 44.4 Å². The van der Waals surface area contributed by atoms with Gasteiger partial charge in [-0.25, -0.2) is 18.4 Å². The van der Waals surface area contributed by atoms with Crippen molar-refractivity contribution in [3.8, 4) is 0 Å². The molecule has 28 heteroatoms. The number of aromatic nitrogens is 8. The lowest BCUT2D eigenvalue weighted by atomic mass is 10.1. The average molecular weight is 1130 g/mol. The largest absolute Gasteiger partial charge is 0.444 e. The van der Waals surface area contributed by atoms with Crippen LogP contribution in [0.15, 0.2) is 27.8 Å². The van der Waals surface area contributed by atoms with Gasteiger partial charge in [-0.3, -0.25) is 14.4 Å².